The zero-order chi connectivity index (χ0) is 24.7. The normalized spacial score (nSPS) is 11.7. The lowest BCUT2D eigenvalue weighted by Crippen LogP contribution is -2.25. The molecule has 1 unspecified atom stereocenters. The van der Waals surface area contributed by atoms with Crippen molar-refractivity contribution in [2.24, 2.45) is 0 Å². The van der Waals surface area contributed by atoms with Crippen LogP contribution >= 0.6 is 0 Å². The lowest BCUT2D eigenvalue weighted by Gasteiger charge is -2.17. The van der Waals surface area contributed by atoms with Crippen molar-refractivity contribution in [1.82, 2.24) is 0 Å². The third-order valence-corrected chi connectivity index (χ3v) is 5.38. The van der Waals surface area contributed by atoms with Crippen molar-refractivity contribution in [3.8, 4) is 0 Å². The van der Waals surface area contributed by atoms with Crippen LogP contribution in [0.4, 0.5) is 0 Å². The van der Waals surface area contributed by atoms with E-state index in [9.17, 15) is 19.2 Å². The summed E-state index contributed by atoms with van der Waals surface area (Å²) in [5, 5.41) is 17.2. The Morgan fingerprint density at radius 1 is 0.606 bits per heavy atom. The molecule has 1 atom stereocenters. The Balaban J connectivity index is 3.79. The standard InChI is InChI=1S/C25H44O8/c1-2-15-21(33-25(31)19-14-10-6-4-8-12-17-23(28)29)20-32-24(30)18-13-9-5-3-7-11-16-22(26)27/h21H,2-20H2,1H3,(H,26,27)(H,28,29). The molecule has 0 radical (unpaired) electrons. The molecule has 0 aliphatic carbocycles. The van der Waals surface area contributed by atoms with Crippen molar-refractivity contribution < 1.29 is 38.9 Å². The van der Waals surface area contributed by atoms with E-state index in [0.29, 0.717) is 32.1 Å². The maximum absolute atomic E-state index is 12.1. The predicted octanol–water partition coefficient (Wildman–Crippen LogP) is 5.65. The van der Waals surface area contributed by atoms with Crippen LogP contribution < -0.4 is 0 Å². The molecule has 0 saturated heterocycles. The Labute approximate surface area is 198 Å². The Kier molecular flexibility index (Phi) is 20.3. The molecule has 192 valence electrons. The van der Waals surface area contributed by atoms with Gasteiger partial charge in [-0.05, 0) is 32.1 Å². The molecule has 0 saturated carbocycles. The molecule has 0 rings (SSSR count). The minimum absolute atomic E-state index is 0.0944. The van der Waals surface area contributed by atoms with Gasteiger partial charge in [0, 0.05) is 25.7 Å². The Morgan fingerprint density at radius 2 is 1.00 bits per heavy atom. The van der Waals surface area contributed by atoms with Gasteiger partial charge in [-0.25, -0.2) is 0 Å². The molecular weight excluding hydrogens is 428 g/mol. The van der Waals surface area contributed by atoms with Gasteiger partial charge in [0.05, 0.1) is 0 Å². The summed E-state index contributed by atoms with van der Waals surface area (Å²) in [6, 6.07) is 0. The van der Waals surface area contributed by atoms with Crippen LogP contribution in [0.15, 0.2) is 0 Å². The van der Waals surface area contributed by atoms with E-state index in [1.807, 2.05) is 6.92 Å². The molecule has 0 aromatic carbocycles. The van der Waals surface area contributed by atoms with Gasteiger partial charge in [-0.1, -0.05) is 64.7 Å². The monoisotopic (exact) mass is 472 g/mol. The highest BCUT2D eigenvalue weighted by atomic mass is 16.6. The number of carboxylic acids is 2. The molecule has 0 amide bonds. The van der Waals surface area contributed by atoms with Crippen LogP contribution in [0, 0.1) is 0 Å². The molecule has 0 bridgehead atoms. The fourth-order valence-corrected chi connectivity index (χ4v) is 3.51. The van der Waals surface area contributed by atoms with E-state index in [0.717, 1.165) is 70.6 Å². The Morgan fingerprint density at radius 3 is 1.42 bits per heavy atom. The molecule has 2 N–H and O–H groups in total. The first-order chi connectivity index (χ1) is 15.8. The van der Waals surface area contributed by atoms with Crippen molar-refractivity contribution in [3.05, 3.63) is 0 Å². The van der Waals surface area contributed by atoms with E-state index >= 15 is 0 Å². The third kappa shape index (κ3) is 22.9. The summed E-state index contributed by atoms with van der Waals surface area (Å²) in [6.07, 6.45) is 12.6. The number of ether oxygens (including phenoxy) is 2. The van der Waals surface area contributed by atoms with Crippen LogP contribution in [-0.4, -0.2) is 46.8 Å². The summed E-state index contributed by atoms with van der Waals surface area (Å²) in [7, 11) is 0. The number of carbonyl (C=O) groups excluding carboxylic acids is 2. The molecule has 0 aliphatic rings. The van der Waals surface area contributed by atoms with Gasteiger partial charge in [-0.3, -0.25) is 19.2 Å². The van der Waals surface area contributed by atoms with Crippen molar-refractivity contribution in [1.29, 1.82) is 0 Å². The van der Waals surface area contributed by atoms with Crippen LogP contribution in [0.2, 0.25) is 0 Å². The second-order valence-electron chi connectivity index (χ2n) is 8.61. The van der Waals surface area contributed by atoms with Gasteiger partial charge in [0.15, 0.2) is 0 Å². The van der Waals surface area contributed by atoms with E-state index in [4.69, 9.17) is 19.7 Å². The highest BCUT2D eigenvalue weighted by Gasteiger charge is 2.16. The first-order valence-electron chi connectivity index (χ1n) is 12.6. The molecule has 0 aromatic rings. The predicted molar refractivity (Wildman–Crippen MR) is 125 cm³/mol. The van der Waals surface area contributed by atoms with Crippen LogP contribution in [0.25, 0.3) is 0 Å². The molecular formula is C25H44O8. The smallest absolute Gasteiger partial charge is 0.306 e. The number of esters is 2. The Bertz CT molecular complexity index is 547. The number of aliphatic carboxylic acids is 2. The van der Waals surface area contributed by atoms with E-state index in [-0.39, 0.29) is 31.4 Å². The quantitative estimate of drug-likeness (QED) is 0.144. The highest BCUT2D eigenvalue weighted by Crippen LogP contribution is 2.12. The zero-order valence-electron chi connectivity index (χ0n) is 20.4. The second-order valence-corrected chi connectivity index (χ2v) is 8.61. The second kappa shape index (κ2) is 21.7. The molecule has 0 spiro atoms. The molecule has 0 aromatic heterocycles. The summed E-state index contributed by atoms with van der Waals surface area (Å²) in [6.45, 7) is 2.08. The van der Waals surface area contributed by atoms with E-state index in [2.05, 4.69) is 0 Å². The zero-order valence-corrected chi connectivity index (χ0v) is 20.4. The van der Waals surface area contributed by atoms with Gasteiger partial charge in [0.1, 0.15) is 12.7 Å². The summed E-state index contributed by atoms with van der Waals surface area (Å²) < 4.78 is 10.8. The van der Waals surface area contributed by atoms with Crippen molar-refractivity contribution in [2.75, 3.05) is 6.61 Å². The summed E-state index contributed by atoms with van der Waals surface area (Å²) >= 11 is 0. The van der Waals surface area contributed by atoms with E-state index < -0.39 is 18.0 Å². The van der Waals surface area contributed by atoms with Crippen LogP contribution in [0.3, 0.4) is 0 Å². The summed E-state index contributed by atoms with van der Waals surface area (Å²) in [4.78, 5) is 44.9. The summed E-state index contributed by atoms with van der Waals surface area (Å²) in [5.41, 5.74) is 0. The Hall–Kier alpha value is -2.12. The van der Waals surface area contributed by atoms with Gasteiger partial charge in [0.2, 0.25) is 0 Å². The van der Waals surface area contributed by atoms with E-state index in [1.165, 1.54) is 0 Å². The highest BCUT2D eigenvalue weighted by molar-refractivity contribution is 5.70. The molecule has 0 aliphatic heterocycles. The number of unbranched alkanes of at least 4 members (excludes halogenated alkanes) is 10. The maximum atomic E-state index is 12.1. The van der Waals surface area contributed by atoms with Crippen molar-refractivity contribution in [3.63, 3.8) is 0 Å². The number of rotatable bonds is 23. The number of carbonyl (C=O) groups is 4. The average Bonchev–Trinajstić information content (AvgIpc) is 2.75. The molecule has 8 nitrogen and oxygen atoms in total. The van der Waals surface area contributed by atoms with Crippen LogP contribution in [0.5, 0.6) is 0 Å². The average molecular weight is 473 g/mol. The molecule has 0 fully saturated rings. The van der Waals surface area contributed by atoms with Gasteiger partial charge in [0.25, 0.3) is 0 Å². The molecule has 8 heteroatoms. The first-order valence-corrected chi connectivity index (χ1v) is 12.6. The number of carboxylic acid groups (broad SMARTS) is 2. The fourth-order valence-electron chi connectivity index (χ4n) is 3.51. The summed E-state index contributed by atoms with van der Waals surface area (Å²) in [5.74, 6) is -2.06. The SMILES string of the molecule is CCCC(COC(=O)CCCCCCCCC(=O)O)OC(=O)CCCCCCCCC(=O)O. The fraction of sp³-hybridized carbons (Fsp3) is 0.840. The lowest BCUT2D eigenvalue weighted by atomic mass is 10.1. The molecule has 33 heavy (non-hydrogen) atoms. The third-order valence-electron chi connectivity index (χ3n) is 5.38. The van der Waals surface area contributed by atoms with Gasteiger partial charge >= 0.3 is 23.9 Å². The van der Waals surface area contributed by atoms with Crippen molar-refractivity contribution in [2.45, 2.75) is 129 Å². The van der Waals surface area contributed by atoms with Gasteiger partial charge in [-0.2, -0.15) is 0 Å². The lowest BCUT2D eigenvalue weighted by molar-refractivity contribution is -0.159. The number of hydrogen-bond acceptors (Lipinski definition) is 6. The minimum Gasteiger partial charge on any atom is -0.481 e. The number of hydrogen-bond donors (Lipinski definition) is 2. The van der Waals surface area contributed by atoms with E-state index in [1.54, 1.807) is 0 Å². The topological polar surface area (TPSA) is 127 Å². The van der Waals surface area contributed by atoms with Crippen LogP contribution in [0.1, 0.15) is 122 Å². The minimum atomic E-state index is -0.758. The molecule has 0 heterocycles. The largest absolute Gasteiger partial charge is 0.481 e. The van der Waals surface area contributed by atoms with Crippen LogP contribution in [-0.2, 0) is 28.7 Å². The van der Waals surface area contributed by atoms with Crippen molar-refractivity contribution >= 4 is 23.9 Å². The maximum Gasteiger partial charge on any atom is 0.306 e. The van der Waals surface area contributed by atoms with Gasteiger partial charge in [-0.15, -0.1) is 0 Å². The van der Waals surface area contributed by atoms with Gasteiger partial charge < -0.3 is 19.7 Å². The first kappa shape index (κ1) is 30.9.